The van der Waals surface area contributed by atoms with Gasteiger partial charge in [-0.2, -0.15) is 0 Å². The number of halogens is 2. The number of hydrogen-bond donors (Lipinski definition) is 1. The van der Waals surface area contributed by atoms with Crippen molar-refractivity contribution in [1.82, 2.24) is 0 Å². The van der Waals surface area contributed by atoms with E-state index in [1.807, 2.05) is 24.3 Å². The second-order valence-electron chi connectivity index (χ2n) is 4.57. The summed E-state index contributed by atoms with van der Waals surface area (Å²) in [4.78, 5) is 0. The van der Waals surface area contributed by atoms with Gasteiger partial charge in [0, 0.05) is 15.6 Å². The summed E-state index contributed by atoms with van der Waals surface area (Å²) in [6, 6.07) is 12.1. The standard InChI is InChI=1S/C15H12BrFO2/c16-9-5-6-13(17)11(7-9)15(18)12-8-19-14-4-2-1-3-10(12)14/h1-7,12,15,18H,8H2. The van der Waals surface area contributed by atoms with Crippen molar-refractivity contribution in [2.45, 2.75) is 12.0 Å². The Morgan fingerprint density at radius 2 is 2.05 bits per heavy atom. The third-order valence-electron chi connectivity index (χ3n) is 3.39. The summed E-state index contributed by atoms with van der Waals surface area (Å²) in [6.07, 6.45) is -0.916. The van der Waals surface area contributed by atoms with Gasteiger partial charge in [-0.1, -0.05) is 34.1 Å². The number of fused-ring (bicyclic) bond motifs is 1. The van der Waals surface area contributed by atoms with Crippen molar-refractivity contribution >= 4 is 15.9 Å². The molecule has 19 heavy (non-hydrogen) atoms. The number of ether oxygens (including phenoxy) is 1. The molecule has 0 aromatic heterocycles. The van der Waals surface area contributed by atoms with E-state index in [0.29, 0.717) is 12.2 Å². The number of hydrogen-bond acceptors (Lipinski definition) is 2. The summed E-state index contributed by atoms with van der Waals surface area (Å²) in [5, 5.41) is 10.4. The normalized spacial score (nSPS) is 18.8. The lowest BCUT2D eigenvalue weighted by atomic mass is 9.90. The Morgan fingerprint density at radius 1 is 1.26 bits per heavy atom. The van der Waals surface area contributed by atoms with Crippen molar-refractivity contribution in [2.75, 3.05) is 6.61 Å². The fraction of sp³-hybridized carbons (Fsp3) is 0.200. The summed E-state index contributed by atoms with van der Waals surface area (Å²) in [5.41, 5.74) is 1.22. The molecule has 2 aromatic rings. The van der Waals surface area contributed by atoms with Gasteiger partial charge in [0.05, 0.1) is 18.6 Å². The number of para-hydroxylation sites is 1. The van der Waals surface area contributed by atoms with Crippen molar-refractivity contribution < 1.29 is 14.2 Å². The van der Waals surface area contributed by atoms with Crippen LogP contribution in [0.1, 0.15) is 23.1 Å². The van der Waals surface area contributed by atoms with Crippen molar-refractivity contribution in [3.8, 4) is 5.75 Å². The maximum Gasteiger partial charge on any atom is 0.129 e. The maximum atomic E-state index is 13.8. The van der Waals surface area contributed by atoms with Gasteiger partial charge in [-0.3, -0.25) is 0 Å². The topological polar surface area (TPSA) is 29.5 Å². The van der Waals surface area contributed by atoms with Crippen LogP contribution in [0.5, 0.6) is 5.75 Å². The average molecular weight is 323 g/mol. The van der Waals surface area contributed by atoms with Crippen LogP contribution >= 0.6 is 15.9 Å². The molecule has 0 saturated heterocycles. The minimum absolute atomic E-state index is 0.236. The predicted molar refractivity (Wildman–Crippen MR) is 73.7 cm³/mol. The average Bonchev–Trinajstić information content (AvgIpc) is 2.84. The first-order chi connectivity index (χ1) is 9.16. The molecule has 1 heterocycles. The van der Waals surface area contributed by atoms with Gasteiger partial charge in [-0.15, -0.1) is 0 Å². The lowest BCUT2D eigenvalue weighted by Gasteiger charge is -2.18. The number of aliphatic hydroxyl groups is 1. The number of rotatable bonds is 2. The maximum absolute atomic E-state index is 13.8. The Hall–Kier alpha value is -1.39. The van der Waals surface area contributed by atoms with E-state index in [1.54, 1.807) is 12.1 Å². The van der Waals surface area contributed by atoms with Crippen LogP contribution in [0.3, 0.4) is 0 Å². The van der Waals surface area contributed by atoms with Gasteiger partial charge in [-0.25, -0.2) is 4.39 Å². The minimum atomic E-state index is -0.916. The van der Waals surface area contributed by atoms with Crippen molar-refractivity contribution in [1.29, 1.82) is 0 Å². The highest BCUT2D eigenvalue weighted by Crippen LogP contribution is 2.41. The molecule has 2 atom stereocenters. The molecule has 0 bridgehead atoms. The summed E-state index contributed by atoms with van der Waals surface area (Å²) < 4.78 is 20.1. The highest BCUT2D eigenvalue weighted by molar-refractivity contribution is 9.10. The van der Waals surface area contributed by atoms with Crippen molar-refractivity contribution in [3.63, 3.8) is 0 Å². The molecule has 0 spiro atoms. The van der Waals surface area contributed by atoms with Crippen LogP contribution in [-0.4, -0.2) is 11.7 Å². The van der Waals surface area contributed by atoms with Crippen LogP contribution in [0.2, 0.25) is 0 Å². The summed E-state index contributed by atoms with van der Waals surface area (Å²) in [5.74, 6) is 0.127. The zero-order valence-electron chi connectivity index (χ0n) is 10.0. The Bertz CT molecular complexity index is 615. The van der Waals surface area contributed by atoms with Gasteiger partial charge in [0.25, 0.3) is 0 Å². The summed E-state index contributed by atoms with van der Waals surface area (Å²) in [7, 11) is 0. The number of aliphatic hydroxyl groups excluding tert-OH is 1. The van der Waals surface area contributed by atoms with E-state index >= 15 is 0 Å². The number of benzene rings is 2. The van der Waals surface area contributed by atoms with E-state index in [-0.39, 0.29) is 5.92 Å². The van der Waals surface area contributed by atoms with Crippen LogP contribution in [0.4, 0.5) is 4.39 Å². The van der Waals surface area contributed by atoms with E-state index < -0.39 is 11.9 Å². The molecule has 2 aromatic carbocycles. The van der Waals surface area contributed by atoms with Crippen LogP contribution < -0.4 is 4.74 Å². The van der Waals surface area contributed by atoms with E-state index in [1.165, 1.54) is 6.07 Å². The first-order valence-electron chi connectivity index (χ1n) is 6.01. The van der Waals surface area contributed by atoms with Crippen LogP contribution in [0.15, 0.2) is 46.9 Å². The van der Waals surface area contributed by atoms with Crippen LogP contribution in [0, 0.1) is 5.82 Å². The van der Waals surface area contributed by atoms with Crippen LogP contribution in [-0.2, 0) is 0 Å². The van der Waals surface area contributed by atoms with E-state index in [2.05, 4.69) is 15.9 Å². The Balaban J connectivity index is 1.97. The molecule has 0 radical (unpaired) electrons. The molecule has 0 aliphatic carbocycles. The van der Waals surface area contributed by atoms with Crippen molar-refractivity contribution in [2.24, 2.45) is 0 Å². The molecule has 0 fully saturated rings. The zero-order chi connectivity index (χ0) is 13.4. The highest BCUT2D eigenvalue weighted by Gasteiger charge is 2.32. The molecule has 2 unspecified atom stereocenters. The van der Waals surface area contributed by atoms with E-state index in [0.717, 1.165) is 15.8 Å². The second-order valence-corrected chi connectivity index (χ2v) is 5.48. The smallest absolute Gasteiger partial charge is 0.129 e. The SMILES string of the molecule is OC(c1cc(Br)ccc1F)C1COc2ccccc21. The van der Waals surface area contributed by atoms with Gasteiger partial charge in [-0.05, 0) is 24.3 Å². The molecule has 1 aliphatic heterocycles. The Labute approximate surface area is 119 Å². The van der Waals surface area contributed by atoms with Crippen molar-refractivity contribution in [3.05, 3.63) is 63.9 Å². The van der Waals surface area contributed by atoms with Gasteiger partial charge in [0.1, 0.15) is 11.6 Å². The third-order valence-corrected chi connectivity index (χ3v) is 3.89. The summed E-state index contributed by atoms with van der Waals surface area (Å²) >= 11 is 3.30. The molecule has 4 heteroatoms. The largest absolute Gasteiger partial charge is 0.493 e. The Kier molecular flexibility index (Phi) is 3.29. The van der Waals surface area contributed by atoms with Crippen LogP contribution in [0.25, 0.3) is 0 Å². The lowest BCUT2D eigenvalue weighted by molar-refractivity contribution is 0.126. The first-order valence-corrected chi connectivity index (χ1v) is 6.81. The van der Waals surface area contributed by atoms with E-state index in [4.69, 9.17) is 4.74 Å². The highest BCUT2D eigenvalue weighted by atomic mass is 79.9. The predicted octanol–water partition coefficient (Wildman–Crippen LogP) is 3.80. The van der Waals surface area contributed by atoms with Gasteiger partial charge in [0.2, 0.25) is 0 Å². The second kappa shape index (κ2) is 4.94. The monoisotopic (exact) mass is 322 g/mol. The summed E-state index contributed by atoms with van der Waals surface area (Å²) in [6.45, 7) is 0.368. The minimum Gasteiger partial charge on any atom is -0.493 e. The molecule has 98 valence electrons. The molecule has 0 saturated carbocycles. The quantitative estimate of drug-likeness (QED) is 0.911. The van der Waals surface area contributed by atoms with Gasteiger partial charge < -0.3 is 9.84 Å². The van der Waals surface area contributed by atoms with Gasteiger partial charge in [0.15, 0.2) is 0 Å². The molecule has 0 amide bonds. The zero-order valence-corrected chi connectivity index (χ0v) is 11.6. The Morgan fingerprint density at radius 3 is 2.89 bits per heavy atom. The molecular formula is C15H12BrFO2. The molecule has 1 N–H and O–H groups in total. The first kappa shape index (κ1) is 12.6. The molecule has 1 aliphatic rings. The lowest BCUT2D eigenvalue weighted by Crippen LogP contribution is -2.13. The third kappa shape index (κ3) is 2.26. The molecular weight excluding hydrogens is 311 g/mol. The van der Waals surface area contributed by atoms with Gasteiger partial charge >= 0.3 is 0 Å². The fourth-order valence-corrected chi connectivity index (χ4v) is 2.79. The molecule has 2 nitrogen and oxygen atoms in total. The fourth-order valence-electron chi connectivity index (χ4n) is 2.41. The molecule has 3 rings (SSSR count). The van der Waals surface area contributed by atoms with E-state index in [9.17, 15) is 9.50 Å².